The monoisotopic (exact) mass is 480 g/mol. The van der Waals surface area contributed by atoms with Crippen molar-refractivity contribution >= 4 is 28.3 Å². The van der Waals surface area contributed by atoms with Crippen molar-refractivity contribution in [1.82, 2.24) is 0 Å². The number of fused-ring (bicyclic) bond motifs is 1. The zero-order chi connectivity index (χ0) is 24.7. The maximum atomic E-state index is 12.9. The number of anilines is 1. The predicted octanol–water partition coefficient (Wildman–Crippen LogP) is 5.62. The lowest BCUT2D eigenvalue weighted by atomic mass is 10.1. The molecule has 3 aromatic carbocycles. The minimum absolute atomic E-state index is 0.234. The molecule has 180 valence electrons. The van der Waals surface area contributed by atoms with Gasteiger partial charge in [-0.25, -0.2) is 0 Å². The van der Waals surface area contributed by atoms with Gasteiger partial charge in [0.15, 0.2) is 16.8 Å². The summed E-state index contributed by atoms with van der Waals surface area (Å²) in [6.07, 6.45) is 3.02. The molecular weight excluding hydrogens is 456 g/mol. The number of rotatable bonds is 9. The van der Waals surface area contributed by atoms with Crippen LogP contribution in [0.5, 0.6) is 5.75 Å². The highest BCUT2D eigenvalue weighted by atomic mass is 16.5. The van der Waals surface area contributed by atoms with E-state index in [1.165, 1.54) is 11.6 Å². The Balaban J connectivity index is 1.21. The number of carbonyl (C=O) groups excluding carboxylic acids is 1. The van der Waals surface area contributed by atoms with Crippen LogP contribution in [0.4, 0.5) is 5.69 Å². The second-order valence-electron chi connectivity index (χ2n) is 8.36. The van der Waals surface area contributed by atoms with Gasteiger partial charge in [0.1, 0.15) is 18.0 Å². The molecule has 1 aliphatic heterocycles. The summed E-state index contributed by atoms with van der Waals surface area (Å²) >= 11 is 0. The van der Waals surface area contributed by atoms with Gasteiger partial charge < -0.3 is 14.5 Å². The van der Waals surface area contributed by atoms with Crippen molar-refractivity contribution in [3.05, 3.63) is 106 Å². The number of aryl methyl sites for hydroxylation is 1. The van der Waals surface area contributed by atoms with Gasteiger partial charge >= 0.3 is 0 Å². The van der Waals surface area contributed by atoms with E-state index in [9.17, 15) is 9.59 Å². The lowest BCUT2D eigenvalue weighted by Crippen LogP contribution is -2.14. The third-order valence-corrected chi connectivity index (χ3v) is 5.82. The second-order valence-corrected chi connectivity index (χ2v) is 8.36. The van der Waals surface area contributed by atoms with Crippen LogP contribution >= 0.6 is 0 Å². The largest absolute Gasteiger partial charge is 0.494 e. The standard InChI is InChI=1S/C28H24N4O4/c33-25-17-26(24-18-29-32-31-24)36-27-22(25)10-6-11-23(27)30-28(34)20-12-14-21(15-13-20)35-16-5-4-9-19-7-2-1-3-8-19/h1-3,6-8,10-15,17H,4-5,9,16,18H2,(H,30,34). The van der Waals surface area contributed by atoms with Crippen molar-refractivity contribution in [1.29, 1.82) is 0 Å². The highest BCUT2D eigenvalue weighted by Gasteiger charge is 2.16. The van der Waals surface area contributed by atoms with Gasteiger partial charge in [0, 0.05) is 11.6 Å². The molecular formula is C28H24N4O4. The van der Waals surface area contributed by atoms with Crippen LogP contribution in [0.2, 0.25) is 0 Å². The average molecular weight is 481 g/mol. The topological polar surface area (TPSA) is 106 Å². The van der Waals surface area contributed by atoms with Gasteiger partial charge in [0.05, 0.1) is 17.7 Å². The molecule has 0 bridgehead atoms. The van der Waals surface area contributed by atoms with Crippen molar-refractivity contribution in [3.63, 3.8) is 0 Å². The molecule has 5 rings (SSSR count). The fourth-order valence-corrected chi connectivity index (χ4v) is 3.92. The van der Waals surface area contributed by atoms with Crippen molar-refractivity contribution in [2.75, 3.05) is 18.5 Å². The minimum Gasteiger partial charge on any atom is -0.494 e. The average Bonchev–Trinajstić information content (AvgIpc) is 3.45. The Morgan fingerprint density at radius 1 is 0.972 bits per heavy atom. The number of unbranched alkanes of at least 4 members (excludes halogenated alkanes) is 1. The fraction of sp³-hybridized carbons (Fsp3) is 0.179. The summed E-state index contributed by atoms with van der Waals surface area (Å²) in [5.74, 6) is 0.665. The maximum Gasteiger partial charge on any atom is 0.255 e. The number of hydrogen-bond acceptors (Lipinski definition) is 7. The molecule has 1 amide bonds. The van der Waals surface area contributed by atoms with Gasteiger partial charge in [-0.15, -0.1) is 5.10 Å². The Bertz CT molecular complexity index is 1490. The van der Waals surface area contributed by atoms with Gasteiger partial charge in [-0.05, 0) is 66.4 Å². The van der Waals surface area contributed by atoms with E-state index in [0.717, 1.165) is 19.3 Å². The minimum atomic E-state index is -0.326. The van der Waals surface area contributed by atoms with Crippen molar-refractivity contribution in [2.45, 2.75) is 19.3 Å². The highest BCUT2D eigenvalue weighted by Crippen LogP contribution is 2.24. The number of benzene rings is 3. The van der Waals surface area contributed by atoms with E-state index in [1.807, 2.05) is 6.07 Å². The summed E-state index contributed by atoms with van der Waals surface area (Å²) in [7, 11) is 0. The van der Waals surface area contributed by atoms with Gasteiger partial charge in [-0.1, -0.05) is 36.4 Å². The summed E-state index contributed by atoms with van der Waals surface area (Å²) in [6.45, 7) is 0.853. The van der Waals surface area contributed by atoms with Crippen LogP contribution in [0.3, 0.4) is 0 Å². The van der Waals surface area contributed by atoms with E-state index in [2.05, 4.69) is 45.0 Å². The summed E-state index contributed by atoms with van der Waals surface area (Å²) in [4.78, 5) is 25.5. The van der Waals surface area contributed by atoms with Crippen LogP contribution in [-0.2, 0) is 6.42 Å². The third kappa shape index (κ3) is 5.38. The smallest absolute Gasteiger partial charge is 0.255 e. The molecule has 0 spiro atoms. The first-order valence-electron chi connectivity index (χ1n) is 11.8. The van der Waals surface area contributed by atoms with Gasteiger partial charge in [0.25, 0.3) is 5.91 Å². The number of nitrogens with one attached hydrogen (secondary N) is 1. The summed E-state index contributed by atoms with van der Waals surface area (Å²) < 4.78 is 11.7. The molecule has 1 aromatic heterocycles. The summed E-state index contributed by atoms with van der Waals surface area (Å²) in [5, 5.41) is 14.5. The quantitative estimate of drug-likeness (QED) is 0.314. The molecule has 8 nitrogen and oxygen atoms in total. The third-order valence-electron chi connectivity index (χ3n) is 5.82. The molecule has 0 fully saturated rings. The van der Waals surface area contributed by atoms with Crippen LogP contribution in [0.1, 0.15) is 34.5 Å². The van der Waals surface area contributed by atoms with E-state index in [4.69, 9.17) is 9.15 Å². The molecule has 0 saturated carbocycles. The second kappa shape index (κ2) is 10.8. The number of ether oxygens (including phenoxy) is 1. The molecule has 36 heavy (non-hydrogen) atoms. The molecule has 1 aliphatic rings. The predicted molar refractivity (Wildman–Crippen MR) is 138 cm³/mol. The van der Waals surface area contributed by atoms with E-state index in [1.54, 1.807) is 42.5 Å². The molecule has 4 aromatic rings. The van der Waals surface area contributed by atoms with Gasteiger partial charge in [0.2, 0.25) is 0 Å². The first-order valence-corrected chi connectivity index (χ1v) is 11.8. The van der Waals surface area contributed by atoms with Crippen LogP contribution in [0.15, 0.2) is 104 Å². The van der Waals surface area contributed by atoms with Gasteiger partial charge in [-0.3, -0.25) is 9.59 Å². The first-order chi connectivity index (χ1) is 17.7. The van der Waals surface area contributed by atoms with Crippen LogP contribution in [0.25, 0.3) is 11.0 Å². The number of para-hydroxylation sites is 1. The lowest BCUT2D eigenvalue weighted by Gasteiger charge is -2.10. The molecule has 0 aliphatic carbocycles. The van der Waals surface area contributed by atoms with E-state index in [0.29, 0.717) is 34.7 Å². The Hall–Kier alpha value is -4.59. The molecule has 0 atom stereocenters. The molecule has 0 saturated heterocycles. The van der Waals surface area contributed by atoms with Crippen LogP contribution in [0, 0.1) is 0 Å². The molecule has 0 unspecified atom stereocenters. The van der Waals surface area contributed by atoms with Crippen molar-refractivity contribution in [3.8, 4) is 5.75 Å². The number of hydrogen-bond donors (Lipinski definition) is 1. The maximum absolute atomic E-state index is 12.9. The normalized spacial score (nSPS) is 12.5. The Morgan fingerprint density at radius 3 is 2.58 bits per heavy atom. The van der Waals surface area contributed by atoms with E-state index >= 15 is 0 Å². The SMILES string of the molecule is O=C(Nc1cccc2c(=O)cc(C3=NN=NC3)oc12)c1ccc(OCCCCc2ccccc2)cc1. The fourth-order valence-electron chi connectivity index (χ4n) is 3.92. The van der Waals surface area contributed by atoms with E-state index in [-0.39, 0.29) is 29.2 Å². The first kappa shape index (κ1) is 23.2. The van der Waals surface area contributed by atoms with Crippen molar-refractivity contribution < 1.29 is 13.9 Å². The van der Waals surface area contributed by atoms with Crippen molar-refractivity contribution in [2.24, 2.45) is 15.4 Å². The highest BCUT2D eigenvalue weighted by molar-refractivity contribution is 6.08. The Kier molecular flexibility index (Phi) is 6.93. The van der Waals surface area contributed by atoms with Crippen LogP contribution in [-0.4, -0.2) is 24.8 Å². The zero-order valence-corrected chi connectivity index (χ0v) is 19.5. The number of carbonyl (C=O) groups is 1. The lowest BCUT2D eigenvalue weighted by molar-refractivity contribution is 0.102. The summed E-state index contributed by atoms with van der Waals surface area (Å²) in [6, 6.07) is 23.7. The summed E-state index contributed by atoms with van der Waals surface area (Å²) in [5.41, 5.74) is 2.68. The molecule has 1 N–H and O–H groups in total. The van der Waals surface area contributed by atoms with Crippen LogP contribution < -0.4 is 15.5 Å². The molecule has 0 radical (unpaired) electrons. The Labute approximate surface area is 207 Å². The van der Waals surface area contributed by atoms with E-state index < -0.39 is 0 Å². The molecule has 8 heteroatoms. The zero-order valence-electron chi connectivity index (χ0n) is 19.5. The Morgan fingerprint density at radius 2 is 1.81 bits per heavy atom. The molecule has 2 heterocycles. The number of nitrogens with zero attached hydrogens (tertiary/aromatic N) is 3. The van der Waals surface area contributed by atoms with Gasteiger partial charge in [-0.2, -0.15) is 5.11 Å². The number of amides is 1.